The lowest BCUT2D eigenvalue weighted by atomic mass is 10.0. The summed E-state index contributed by atoms with van der Waals surface area (Å²) < 4.78 is 39.9. The highest BCUT2D eigenvalue weighted by Gasteiger charge is 2.24. The van der Waals surface area contributed by atoms with Gasteiger partial charge in [0.25, 0.3) is 5.91 Å². The molecule has 4 rings (SSSR count). The molecule has 2 aromatic carbocycles. The number of nitrogens with two attached hydrogens (primary N) is 1. The molecule has 0 aliphatic heterocycles. The number of hydrogen-bond donors (Lipinski definition) is 2. The van der Waals surface area contributed by atoms with Crippen molar-refractivity contribution in [2.45, 2.75) is 13.0 Å². The molecule has 0 spiro atoms. The quantitative estimate of drug-likeness (QED) is 0.304. The molecule has 0 radical (unpaired) electrons. The van der Waals surface area contributed by atoms with Crippen molar-refractivity contribution in [2.24, 2.45) is 0 Å². The van der Waals surface area contributed by atoms with Gasteiger partial charge in [-0.3, -0.25) is 4.79 Å². The van der Waals surface area contributed by atoms with E-state index in [1.807, 2.05) is 19.0 Å². The minimum absolute atomic E-state index is 0.0212. The van der Waals surface area contributed by atoms with Crippen molar-refractivity contribution in [1.82, 2.24) is 15.2 Å². The molecule has 0 bridgehead atoms. The molecule has 0 aliphatic carbocycles. The number of pyridine rings is 1. The number of amides is 1. The SMILES string of the molecule is C[C@@H](Oc1c(N)ncc2c(-c3ccc(C(=O)NCCN(C)C)cc3)coc12)c1c(F)ccc(F)c1Cl. The maximum absolute atomic E-state index is 14.4. The van der Waals surface area contributed by atoms with Gasteiger partial charge in [-0.15, -0.1) is 0 Å². The van der Waals surface area contributed by atoms with Crippen molar-refractivity contribution in [1.29, 1.82) is 0 Å². The number of ether oxygens (including phenoxy) is 1. The summed E-state index contributed by atoms with van der Waals surface area (Å²) in [6.07, 6.45) is 2.07. The molecule has 0 fully saturated rings. The lowest BCUT2D eigenvalue weighted by Crippen LogP contribution is -2.31. The summed E-state index contributed by atoms with van der Waals surface area (Å²) in [5, 5.41) is 3.10. The number of benzene rings is 2. The number of carbonyl (C=O) groups excluding carboxylic acids is 1. The van der Waals surface area contributed by atoms with Gasteiger partial charge in [0.2, 0.25) is 5.75 Å². The summed E-state index contributed by atoms with van der Waals surface area (Å²) in [4.78, 5) is 18.5. The minimum atomic E-state index is -0.984. The van der Waals surface area contributed by atoms with E-state index in [-0.39, 0.29) is 28.1 Å². The Morgan fingerprint density at radius 1 is 1.19 bits per heavy atom. The average molecular weight is 515 g/mol. The van der Waals surface area contributed by atoms with Crippen molar-refractivity contribution in [2.75, 3.05) is 32.9 Å². The standard InChI is InChI=1S/C26H25ClF2N4O3/c1-14(21-19(28)8-9-20(29)22(21)27)36-24-23-17(12-32-25(24)30)18(13-35-23)15-4-6-16(7-5-15)26(34)31-10-11-33(2)3/h4-9,12-14H,10-11H2,1-3H3,(H2,30,32)(H,31,34)/t14-/m1/s1. The predicted octanol–water partition coefficient (Wildman–Crippen LogP) is 5.44. The summed E-state index contributed by atoms with van der Waals surface area (Å²) >= 11 is 5.98. The summed E-state index contributed by atoms with van der Waals surface area (Å²) in [6, 6.07) is 8.97. The number of hydrogen-bond acceptors (Lipinski definition) is 6. The first kappa shape index (κ1) is 25.4. The molecule has 10 heteroatoms. The zero-order chi connectivity index (χ0) is 26.0. The molecule has 3 N–H and O–H groups in total. The van der Waals surface area contributed by atoms with Crippen LogP contribution in [0.1, 0.15) is 28.9 Å². The van der Waals surface area contributed by atoms with Gasteiger partial charge in [-0.05, 0) is 50.8 Å². The Hall–Kier alpha value is -3.69. The van der Waals surface area contributed by atoms with Crippen molar-refractivity contribution < 1.29 is 22.7 Å². The van der Waals surface area contributed by atoms with Crippen molar-refractivity contribution in [3.63, 3.8) is 0 Å². The van der Waals surface area contributed by atoms with Gasteiger partial charge < -0.3 is 25.1 Å². The fourth-order valence-electron chi connectivity index (χ4n) is 3.76. The van der Waals surface area contributed by atoms with Crippen molar-refractivity contribution in [3.8, 4) is 16.9 Å². The zero-order valence-electron chi connectivity index (χ0n) is 19.9. The van der Waals surface area contributed by atoms with Crippen molar-refractivity contribution >= 4 is 34.3 Å². The number of carbonyl (C=O) groups is 1. The summed E-state index contributed by atoms with van der Waals surface area (Å²) in [7, 11) is 3.87. The zero-order valence-corrected chi connectivity index (χ0v) is 20.7. The molecule has 0 saturated carbocycles. The van der Waals surface area contributed by atoms with E-state index in [1.165, 1.54) is 13.2 Å². The Bertz CT molecular complexity index is 1410. The average Bonchev–Trinajstić information content (AvgIpc) is 3.27. The molecule has 2 aromatic heterocycles. The third-order valence-corrected chi connectivity index (χ3v) is 6.07. The first-order valence-electron chi connectivity index (χ1n) is 11.2. The second kappa shape index (κ2) is 10.5. The van der Waals surface area contributed by atoms with Crippen LogP contribution in [-0.2, 0) is 0 Å². The first-order valence-corrected chi connectivity index (χ1v) is 11.5. The number of rotatable bonds is 8. The molecule has 7 nitrogen and oxygen atoms in total. The minimum Gasteiger partial charge on any atom is -0.478 e. The molecule has 36 heavy (non-hydrogen) atoms. The van der Waals surface area contributed by atoms with Gasteiger partial charge in [0.15, 0.2) is 11.4 Å². The molecule has 2 heterocycles. The number of furan rings is 1. The van der Waals surface area contributed by atoms with E-state index in [9.17, 15) is 13.6 Å². The topological polar surface area (TPSA) is 93.6 Å². The molecule has 1 atom stereocenters. The van der Waals surface area contributed by atoms with Crippen LogP contribution >= 0.6 is 11.6 Å². The van der Waals surface area contributed by atoms with Crippen LogP contribution in [0.15, 0.2) is 53.3 Å². The largest absolute Gasteiger partial charge is 0.478 e. The highest BCUT2D eigenvalue weighted by atomic mass is 35.5. The molecule has 0 unspecified atom stereocenters. The molecule has 1 amide bonds. The van der Waals surface area contributed by atoms with E-state index in [1.54, 1.807) is 30.5 Å². The Morgan fingerprint density at radius 2 is 1.89 bits per heavy atom. The molecule has 0 saturated heterocycles. The van der Waals surface area contributed by atoms with Crippen LogP contribution in [0.4, 0.5) is 14.6 Å². The predicted molar refractivity (Wildman–Crippen MR) is 135 cm³/mol. The lowest BCUT2D eigenvalue weighted by molar-refractivity contribution is 0.0951. The van der Waals surface area contributed by atoms with Gasteiger partial charge in [-0.25, -0.2) is 13.8 Å². The fourth-order valence-corrected chi connectivity index (χ4v) is 4.07. The van der Waals surface area contributed by atoms with E-state index in [2.05, 4.69) is 10.3 Å². The maximum Gasteiger partial charge on any atom is 0.251 e. The monoisotopic (exact) mass is 514 g/mol. The van der Waals surface area contributed by atoms with Crippen LogP contribution in [0.3, 0.4) is 0 Å². The Kier molecular flexibility index (Phi) is 7.42. The number of likely N-dealkylation sites (N-methyl/N-ethyl adjacent to an activating group) is 1. The van der Waals surface area contributed by atoms with E-state index >= 15 is 0 Å². The van der Waals surface area contributed by atoms with Gasteiger partial charge in [0.05, 0.1) is 16.7 Å². The van der Waals surface area contributed by atoms with Crippen LogP contribution in [-0.4, -0.2) is 43.0 Å². The number of aromatic nitrogens is 1. The number of nitrogen functional groups attached to an aromatic ring is 1. The van der Waals surface area contributed by atoms with Crippen LogP contribution in [0.25, 0.3) is 22.1 Å². The van der Waals surface area contributed by atoms with Gasteiger partial charge in [-0.2, -0.15) is 0 Å². The lowest BCUT2D eigenvalue weighted by Gasteiger charge is -2.18. The highest BCUT2D eigenvalue weighted by Crippen LogP contribution is 2.40. The Balaban J connectivity index is 1.61. The third kappa shape index (κ3) is 5.12. The molecule has 0 aliphatic rings. The highest BCUT2D eigenvalue weighted by molar-refractivity contribution is 6.31. The van der Waals surface area contributed by atoms with Gasteiger partial charge in [-0.1, -0.05) is 23.7 Å². The Morgan fingerprint density at radius 3 is 2.58 bits per heavy atom. The van der Waals surface area contributed by atoms with Crippen molar-refractivity contribution in [3.05, 3.63) is 76.6 Å². The first-order chi connectivity index (χ1) is 17.2. The second-order valence-electron chi connectivity index (χ2n) is 8.52. The van der Waals surface area contributed by atoms with E-state index in [0.29, 0.717) is 28.6 Å². The Labute approximate surface area is 211 Å². The van der Waals surface area contributed by atoms with Crippen LogP contribution < -0.4 is 15.8 Å². The smallest absolute Gasteiger partial charge is 0.251 e. The third-order valence-electron chi connectivity index (χ3n) is 5.68. The summed E-state index contributed by atoms with van der Waals surface area (Å²) in [6.45, 7) is 2.80. The van der Waals surface area contributed by atoms with Gasteiger partial charge in [0, 0.05) is 36.0 Å². The number of nitrogens with one attached hydrogen (secondary N) is 1. The van der Waals surface area contributed by atoms with Crippen LogP contribution in [0, 0.1) is 11.6 Å². The summed E-state index contributed by atoms with van der Waals surface area (Å²) in [5.74, 6) is -1.53. The molecule has 188 valence electrons. The van der Waals surface area contributed by atoms with Crippen LogP contribution in [0.5, 0.6) is 5.75 Å². The fraction of sp³-hybridized carbons (Fsp3) is 0.231. The van der Waals surface area contributed by atoms with E-state index < -0.39 is 17.7 Å². The number of nitrogens with zero attached hydrogens (tertiary/aromatic N) is 2. The molecule has 4 aromatic rings. The number of halogens is 3. The summed E-state index contributed by atoms with van der Waals surface area (Å²) in [5.41, 5.74) is 8.20. The molecular weight excluding hydrogens is 490 g/mol. The maximum atomic E-state index is 14.4. The van der Waals surface area contributed by atoms with Gasteiger partial charge in [0.1, 0.15) is 17.7 Å². The normalized spacial score (nSPS) is 12.2. The van der Waals surface area contributed by atoms with Gasteiger partial charge >= 0.3 is 0 Å². The number of fused-ring (bicyclic) bond motifs is 1. The van der Waals surface area contributed by atoms with E-state index in [4.69, 9.17) is 26.5 Å². The second-order valence-corrected chi connectivity index (χ2v) is 8.90. The molecular formula is C26H25ClF2N4O3. The van der Waals surface area contributed by atoms with Crippen LogP contribution in [0.2, 0.25) is 5.02 Å². The number of anilines is 1. The van der Waals surface area contributed by atoms with E-state index in [0.717, 1.165) is 24.2 Å².